The molecule has 0 aliphatic heterocycles. The Bertz CT molecular complexity index is 187. The molecule has 1 rings (SSSR count). The molecule has 1 aliphatic carbocycles. The highest BCUT2D eigenvalue weighted by atomic mass is 79.9. The molecule has 0 aromatic heterocycles. The van der Waals surface area contributed by atoms with E-state index < -0.39 is 0 Å². The smallest absolute Gasteiger partial charge is 0.0567 e. The van der Waals surface area contributed by atoms with Crippen LogP contribution in [-0.4, -0.2) is 0 Å². The van der Waals surface area contributed by atoms with Crippen molar-refractivity contribution in [2.75, 3.05) is 0 Å². The molecule has 0 aromatic carbocycles. The minimum absolute atomic E-state index is 0.807. The van der Waals surface area contributed by atoms with E-state index in [0.29, 0.717) is 0 Å². The highest BCUT2D eigenvalue weighted by Crippen LogP contribution is 2.34. The van der Waals surface area contributed by atoms with Gasteiger partial charge in [-0.25, -0.2) is 0 Å². The van der Waals surface area contributed by atoms with Crippen LogP contribution in [-0.2, 0) is 0 Å². The van der Waals surface area contributed by atoms with E-state index in [4.69, 9.17) is 0 Å². The van der Waals surface area contributed by atoms with Gasteiger partial charge < -0.3 is 0 Å². The van der Waals surface area contributed by atoms with Crippen LogP contribution in [0.2, 0.25) is 0 Å². The van der Waals surface area contributed by atoms with Gasteiger partial charge in [0.15, 0.2) is 0 Å². The Morgan fingerprint density at radius 3 is 2.33 bits per heavy atom. The maximum atomic E-state index is 3.45. The second-order valence-corrected chi connectivity index (χ2v) is 7.51. The molecule has 0 heterocycles. The number of hydrogen-bond donors (Lipinski definition) is 0. The van der Waals surface area contributed by atoms with Crippen molar-refractivity contribution in [3.63, 3.8) is 0 Å². The van der Waals surface area contributed by atoms with E-state index in [1.165, 1.54) is 51.4 Å². The Hall–Kier alpha value is 0.700. The van der Waals surface area contributed by atoms with Crippen LogP contribution < -0.4 is 0 Å². The van der Waals surface area contributed by atoms with Crippen LogP contribution in [0, 0.1) is 11.8 Å². The summed E-state index contributed by atoms with van der Waals surface area (Å²) in [4.78, 5) is 0. The van der Waals surface area contributed by atoms with Gasteiger partial charge in [-0.2, -0.15) is 0 Å². The van der Waals surface area contributed by atoms with E-state index in [1.807, 2.05) is 0 Å². The molecule has 15 heavy (non-hydrogen) atoms. The average Bonchev–Trinajstić information content (AvgIpc) is 2.20. The molecule has 0 radical (unpaired) electrons. The molecule has 1 saturated carbocycles. The Labute approximate surface area is 111 Å². The van der Waals surface area contributed by atoms with Gasteiger partial charge in [0.1, 0.15) is 0 Å². The van der Waals surface area contributed by atoms with Gasteiger partial charge in [-0.15, -0.1) is 0 Å². The Morgan fingerprint density at radius 2 is 1.80 bits per heavy atom. The first-order chi connectivity index (χ1) is 7.22. The fourth-order valence-corrected chi connectivity index (χ4v) is 3.25. The second-order valence-electron chi connectivity index (χ2n) is 4.73. The van der Waals surface area contributed by atoms with Crippen LogP contribution in [0.5, 0.6) is 0 Å². The van der Waals surface area contributed by atoms with Crippen molar-refractivity contribution in [2.45, 2.75) is 58.3 Å². The molecule has 2 heteroatoms. The van der Waals surface area contributed by atoms with E-state index >= 15 is 0 Å². The highest BCUT2D eigenvalue weighted by molar-refractivity contribution is 9.28. The number of hydrogen-bond acceptors (Lipinski definition) is 0. The summed E-state index contributed by atoms with van der Waals surface area (Å²) in [7, 11) is 0. The standard InChI is InChI=1S/C13H22Br2/c1-2-3-4-5-11-6-8-12(9-7-11)10-13(14)15/h10-12H,2-9H2,1H3. The fraction of sp³-hybridized carbons (Fsp3) is 0.846. The van der Waals surface area contributed by atoms with Gasteiger partial charge in [-0.1, -0.05) is 38.7 Å². The minimum Gasteiger partial charge on any atom is -0.0654 e. The van der Waals surface area contributed by atoms with E-state index in [-0.39, 0.29) is 0 Å². The summed E-state index contributed by atoms with van der Waals surface area (Å²) in [6, 6.07) is 0. The molecule has 0 unspecified atom stereocenters. The second kappa shape index (κ2) is 7.89. The third-order valence-corrected chi connectivity index (χ3v) is 4.00. The summed E-state index contributed by atoms with van der Waals surface area (Å²) < 4.78 is 1.13. The zero-order valence-corrected chi connectivity index (χ0v) is 12.8. The van der Waals surface area contributed by atoms with Crippen molar-refractivity contribution >= 4 is 31.9 Å². The van der Waals surface area contributed by atoms with Crippen LogP contribution in [0.4, 0.5) is 0 Å². The average molecular weight is 338 g/mol. The van der Waals surface area contributed by atoms with Crippen molar-refractivity contribution in [3.05, 3.63) is 9.47 Å². The van der Waals surface area contributed by atoms with Gasteiger partial charge in [0.05, 0.1) is 3.39 Å². The molecular formula is C13H22Br2. The molecule has 0 nitrogen and oxygen atoms in total. The quantitative estimate of drug-likeness (QED) is 0.539. The Balaban J connectivity index is 2.15. The summed E-state index contributed by atoms with van der Waals surface area (Å²) in [6.07, 6.45) is 13.7. The van der Waals surface area contributed by atoms with E-state index in [1.54, 1.807) is 0 Å². The summed E-state index contributed by atoms with van der Waals surface area (Å²) in [5.74, 6) is 1.83. The van der Waals surface area contributed by atoms with E-state index in [0.717, 1.165) is 15.2 Å². The predicted molar refractivity (Wildman–Crippen MR) is 75.5 cm³/mol. The Kier molecular flexibility index (Phi) is 7.24. The van der Waals surface area contributed by atoms with E-state index in [2.05, 4.69) is 44.9 Å². The lowest BCUT2D eigenvalue weighted by molar-refractivity contribution is 0.289. The Morgan fingerprint density at radius 1 is 1.13 bits per heavy atom. The first-order valence-corrected chi connectivity index (χ1v) is 7.83. The molecule has 88 valence electrons. The van der Waals surface area contributed by atoms with E-state index in [9.17, 15) is 0 Å². The molecule has 0 spiro atoms. The third-order valence-electron chi connectivity index (χ3n) is 3.47. The van der Waals surface area contributed by atoms with Crippen molar-refractivity contribution < 1.29 is 0 Å². The van der Waals surface area contributed by atoms with Crippen molar-refractivity contribution in [1.29, 1.82) is 0 Å². The number of unbranched alkanes of at least 4 members (excludes halogenated alkanes) is 2. The number of allylic oxidation sites excluding steroid dienone is 1. The van der Waals surface area contributed by atoms with Crippen LogP contribution in [0.25, 0.3) is 0 Å². The summed E-state index contributed by atoms with van der Waals surface area (Å²) >= 11 is 6.91. The fourth-order valence-electron chi connectivity index (χ4n) is 2.50. The van der Waals surface area contributed by atoms with Crippen LogP contribution in [0.3, 0.4) is 0 Å². The largest absolute Gasteiger partial charge is 0.0654 e. The zero-order valence-electron chi connectivity index (χ0n) is 9.64. The third kappa shape index (κ3) is 6.11. The molecular weight excluding hydrogens is 316 g/mol. The molecule has 0 N–H and O–H groups in total. The molecule has 1 aliphatic rings. The number of halogens is 2. The summed E-state index contributed by atoms with van der Waals surface area (Å²) in [5.41, 5.74) is 0. The zero-order chi connectivity index (χ0) is 11.1. The summed E-state index contributed by atoms with van der Waals surface area (Å²) in [6.45, 7) is 2.29. The van der Waals surface area contributed by atoms with Crippen LogP contribution in [0.15, 0.2) is 9.47 Å². The maximum Gasteiger partial charge on any atom is 0.0567 e. The van der Waals surface area contributed by atoms with Gasteiger partial charge >= 0.3 is 0 Å². The van der Waals surface area contributed by atoms with Crippen molar-refractivity contribution in [2.24, 2.45) is 11.8 Å². The lowest BCUT2D eigenvalue weighted by Crippen LogP contribution is -2.13. The van der Waals surface area contributed by atoms with Gasteiger partial charge in [0.2, 0.25) is 0 Å². The molecule has 0 aromatic rings. The first kappa shape index (κ1) is 13.8. The van der Waals surface area contributed by atoms with Crippen molar-refractivity contribution in [1.82, 2.24) is 0 Å². The molecule has 0 bridgehead atoms. The SMILES string of the molecule is CCCCCC1CCC(C=C(Br)Br)CC1. The maximum absolute atomic E-state index is 3.45. The van der Waals surface area contributed by atoms with Gasteiger partial charge in [-0.05, 0) is 69.4 Å². The molecule has 0 atom stereocenters. The highest BCUT2D eigenvalue weighted by Gasteiger charge is 2.19. The van der Waals surface area contributed by atoms with Crippen LogP contribution >= 0.6 is 31.9 Å². The monoisotopic (exact) mass is 336 g/mol. The van der Waals surface area contributed by atoms with Gasteiger partial charge in [0, 0.05) is 0 Å². The van der Waals surface area contributed by atoms with Crippen LogP contribution in [0.1, 0.15) is 58.3 Å². The van der Waals surface area contributed by atoms with Gasteiger partial charge in [0.25, 0.3) is 0 Å². The van der Waals surface area contributed by atoms with Gasteiger partial charge in [-0.3, -0.25) is 0 Å². The predicted octanol–water partition coefficient (Wildman–Crippen LogP) is 6.00. The minimum atomic E-state index is 0.807. The molecule has 0 amide bonds. The lowest BCUT2D eigenvalue weighted by Gasteiger charge is -2.26. The molecule has 1 fully saturated rings. The number of rotatable bonds is 5. The topological polar surface area (TPSA) is 0 Å². The molecule has 0 saturated heterocycles. The normalized spacial score (nSPS) is 26.3. The summed E-state index contributed by atoms with van der Waals surface area (Å²) in [5, 5.41) is 0. The van der Waals surface area contributed by atoms with Crippen molar-refractivity contribution in [3.8, 4) is 0 Å². The first-order valence-electron chi connectivity index (χ1n) is 6.25. The lowest BCUT2D eigenvalue weighted by atomic mass is 9.80.